The van der Waals surface area contributed by atoms with E-state index in [2.05, 4.69) is 62.3 Å². The smallest absolute Gasteiger partial charge is 0.227 e. The van der Waals surface area contributed by atoms with E-state index in [1.165, 1.54) is 6.20 Å². The molecule has 0 bridgehead atoms. The number of hydrogen-bond acceptors (Lipinski definition) is 3. The molecule has 0 saturated heterocycles. The average Bonchev–Trinajstić information content (AvgIpc) is 3.38. The van der Waals surface area contributed by atoms with E-state index in [0.717, 1.165) is 16.7 Å². The van der Waals surface area contributed by atoms with Crippen LogP contribution >= 0.6 is 15.9 Å². The molecular formula is C28H19BrFN3O. The highest BCUT2D eigenvalue weighted by atomic mass is 79.9. The topological polar surface area (TPSA) is 47.8 Å². The Kier molecular flexibility index (Phi) is 5.90. The van der Waals surface area contributed by atoms with Crippen molar-refractivity contribution < 1.29 is 9.18 Å². The van der Waals surface area contributed by atoms with Crippen LogP contribution in [0.25, 0.3) is 11.3 Å². The Bertz CT molecular complexity index is 1340. The number of nitrogens with zero attached hydrogens (tertiary/aromatic N) is 3. The standard InChI is InChI=1S/C28H19BrFN3O/c29-26-24(18-34)23(16-31-27(26)30)25-17-33(19-32-25)28(20-10-4-1-5-11-20,21-12-6-2-7-13-21)22-14-8-3-9-15-22/h1-19H. The fraction of sp³-hybridized carbons (Fsp3) is 0.0357. The molecule has 6 heteroatoms. The molecule has 0 aliphatic rings. The van der Waals surface area contributed by atoms with Gasteiger partial charge in [0.25, 0.3) is 0 Å². The summed E-state index contributed by atoms with van der Waals surface area (Å²) in [5, 5.41) is 0. The molecular weight excluding hydrogens is 493 g/mol. The van der Waals surface area contributed by atoms with Crippen molar-refractivity contribution in [2.75, 3.05) is 0 Å². The Labute approximate surface area is 204 Å². The lowest BCUT2D eigenvalue weighted by Gasteiger charge is -2.37. The second kappa shape index (κ2) is 9.15. The van der Waals surface area contributed by atoms with Gasteiger partial charge >= 0.3 is 0 Å². The van der Waals surface area contributed by atoms with E-state index in [9.17, 15) is 9.18 Å². The van der Waals surface area contributed by atoms with Gasteiger partial charge < -0.3 is 4.57 Å². The lowest BCUT2D eigenvalue weighted by molar-refractivity contribution is 0.112. The zero-order valence-electron chi connectivity index (χ0n) is 18.0. The number of carbonyl (C=O) groups excluding carboxylic acids is 1. The Morgan fingerprint density at radius 3 is 1.76 bits per heavy atom. The van der Waals surface area contributed by atoms with Crippen molar-refractivity contribution >= 4 is 22.2 Å². The summed E-state index contributed by atoms with van der Waals surface area (Å²) in [5.74, 6) is -0.738. The number of benzene rings is 3. The molecule has 0 amide bonds. The molecule has 5 rings (SSSR count). The second-order valence-corrected chi connectivity index (χ2v) is 8.58. The number of carbonyl (C=O) groups is 1. The first-order chi connectivity index (χ1) is 16.7. The van der Waals surface area contributed by atoms with E-state index in [0.29, 0.717) is 17.5 Å². The summed E-state index contributed by atoms with van der Waals surface area (Å²) in [6, 6.07) is 30.6. The van der Waals surface area contributed by atoms with Crippen LogP contribution in [-0.4, -0.2) is 20.8 Å². The van der Waals surface area contributed by atoms with Crippen LogP contribution in [0.15, 0.2) is 114 Å². The molecule has 4 nitrogen and oxygen atoms in total. The molecule has 0 aliphatic heterocycles. The Morgan fingerprint density at radius 2 is 1.29 bits per heavy atom. The quantitative estimate of drug-likeness (QED) is 0.148. The lowest BCUT2D eigenvalue weighted by Crippen LogP contribution is -2.36. The molecule has 0 unspecified atom stereocenters. The number of aldehydes is 1. The first-order valence-electron chi connectivity index (χ1n) is 10.7. The predicted molar refractivity (Wildman–Crippen MR) is 133 cm³/mol. The zero-order valence-corrected chi connectivity index (χ0v) is 19.6. The third-order valence-corrected chi connectivity index (χ3v) is 6.71. The third kappa shape index (κ3) is 3.56. The molecule has 0 spiro atoms. The van der Waals surface area contributed by atoms with Gasteiger partial charge in [0.1, 0.15) is 5.54 Å². The van der Waals surface area contributed by atoms with Gasteiger partial charge in [0, 0.05) is 23.5 Å². The highest BCUT2D eigenvalue weighted by Gasteiger charge is 2.38. The molecule has 0 radical (unpaired) electrons. The van der Waals surface area contributed by atoms with Crippen LogP contribution in [0, 0.1) is 5.95 Å². The molecule has 2 aromatic heterocycles. The summed E-state index contributed by atoms with van der Waals surface area (Å²) in [6.45, 7) is 0. The number of pyridine rings is 1. The van der Waals surface area contributed by atoms with Crippen molar-refractivity contribution in [1.82, 2.24) is 14.5 Å². The van der Waals surface area contributed by atoms with Gasteiger partial charge in [-0.3, -0.25) is 4.79 Å². The predicted octanol–water partition coefficient (Wildman–Crippen LogP) is 6.50. The van der Waals surface area contributed by atoms with Crippen molar-refractivity contribution in [2.24, 2.45) is 0 Å². The molecule has 0 aliphatic carbocycles. The van der Waals surface area contributed by atoms with Gasteiger partial charge in [-0.05, 0) is 32.6 Å². The highest BCUT2D eigenvalue weighted by Crippen LogP contribution is 2.41. The van der Waals surface area contributed by atoms with E-state index in [4.69, 9.17) is 0 Å². The first-order valence-corrected chi connectivity index (χ1v) is 11.5. The fourth-order valence-corrected chi connectivity index (χ4v) is 4.84. The number of imidazole rings is 1. The van der Waals surface area contributed by atoms with Gasteiger partial charge in [0.15, 0.2) is 6.29 Å². The summed E-state index contributed by atoms with van der Waals surface area (Å²) in [4.78, 5) is 20.2. The summed E-state index contributed by atoms with van der Waals surface area (Å²) in [5.41, 5.74) is 3.54. The first kappa shape index (κ1) is 21.9. The van der Waals surface area contributed by atoms with Crippen LogP contribution in [0.1, 0.15) is 27.0 Å². The van der Waals surface area contributed by atoms with Crippen molar-refractivity contribution in [1.29, 1.82) is 0 Å². The van der Waals surface area contributed by atoms with Gasteiger partial charge in [-0.15, -0.1) is 0 Å². The van der Waals surface area contributed by atoms with E-state index in [1.807, 2.05) is 65.4 Å². The molecule has 0 atom stereocenters. The minimum absolute atomic E-state index is 0.0231. The van der Waals surface area contributed by atoms with Crippen LogP contribution in [0.2, 0.25) is 0 Å². The highest BCUT2D eigenvalue weighted by molar-refractivity contribution is 9.10. The van der Waals surface area contributed by atoms with Crippen molar-refractivity contribution in [3.63, 3.8) is 0 Å². The normalized spacial score (nSPS) is 11.4. The minimum atomic E-state index is -0.738. The number of halogens is 2. The van der Waals surface area contributed by atoms with Crippen LogP contribution in [0.4, 0.5) is 4.39 Å². The van der Waals surface area contributed by atoms with Crippen LogP contribution in [0.5, 0.6) is 0 Å². The van der Waals surface area contributed by atoms with E-state index in [-0.39, 0.29) is 10.0 Å². The molecule has 0 saturated carbocycles. The van der Waals surface area contributed by atoms with E-state index >= 15 is 0 Å². The summed E-state index contributed by atoms with van der Waals surface area (Å²) >= 11 is 3.14. The van der Waals surface area contributed by atoms with Gasteiger partial charge in [0.05, 0.1) is 16.5 Å². The lowest BCUT2D eigenvalue weighted by atomic mass is 9.77. The molecule has 34 heavy (non-hydrogen) atoms. The van der Waals surface area contributed by atoms with Gasteiger partial charge in [-0.2, -0.15) is 4.39 Å². The minimum Gasteiger partial charge on any atom is -0.318 e. The van der Waals surface area contributed by atoms with Crippen molar-refractivity contribution in [3.8, 4) is 11.3 Å². The van der Waals surface area contributed by atoms with Crippen LogP contribution in [-0.2, 0) is 5.54 Å². The van der Waals surface area contributed by atoms with Crippen molar-refractivity contribution in [2.45, 2.75) is 5.54 Å². The largest absolute Gasteiger partial charge is 0.318 e. The number of hydrogen-bond donors (Lipinski definition) is 0. The monoisotopic (exact) mass is 511 g/mol. The van der Waals surface area contributed by atoms with Crippen molar-refractivity contribution in [3.05, 3.63) is 142 Å². The van der Waals surface area contributed by atoms with Gasteiger partial charge in [0.2, 0.25) is 5.95 Å². The van der Waals surface area contributed by atoms with Gasteiger partial charge in [-0.1, -0.05) is 91.0 Å². The zero-order chi connectivity index (χ0) is 23.5. The Balaban J connectivity index is 1.82. The molecule has 5 aromatic rings. The molecule has 0 N–H and O–H groups in total. The Morgan fingerprint density at radius 1 is 0.794 bits per heavy atom. The SMILES string of the molecule is O=Cc1c(-c2cn(C(c3ccccc3)(c3ccccc3)c3ccccc3)cn2)cnc(F)c1Br. The van der Waals surface area contributed by atoms with E-state index < -0.39 is 11.5 Å². The molecule has 166 valence electrons. The fourth-order valence-electron chi connectivity index (χ4n) is 4.43. The van der Waals surface area contributed by atoms with Gasteiger partial charge in [-0.25, -0.2) is 9.97 Å². The maximum absolute atomic E-state index is 14.0. The number of aromatic nitrogens is 3. The second-order valence-electron chi connectivity index (χ2n) is 7.78. The average molecular weight is 512 g/mol. The maximum Gasteiger partial charge on any atom is 0.227 e. The Hall–Kier alpha value is -3.90. The summed E-state index contributed by atoms with van der Waals surface area (Å²) in [6.07, 6.45) is 5.57. The third-order valence-electron chi connectivity index (χ3n) is 5.95. The molecule has 3 aromatic carbocycles. The van der Waals surface area contributed by atoms with Crippen LogP contribution in [0.3, 0.4) is 0 Å². The molecule has 2 heterocycles. The number of rotatable bonds is 6. The van der Waals surface area contributed by atoms with E-state index in [1.54, 1.807) is 6.33 Å². The van der Waals surface area contributed by atoms with Crippen LogP contribution < -0.4 is 0 Å². The summed E-state index contributed by atoms with van der Waals surface area (Å²) < 4.78 is 16.0. The summed E-state index contributed by atoms with van der Waals surface area (Å²) in [7, 11) is 0. The maximum atomic E-state index is 14.0. The molecule has 0 fully saturated rings.